The molecule has 14 heavy (non-hydrogen) atoms. The second-order valence-electron chi connectivity index (χ2n) is 3.89. The van der Waals surface area contributed by atoms with Crippen LogP contribution in [0.3, 0.4) is 0 Å². The van der Waals surface area contributed by atoms with Crippen molar-refractivity contribution in [3.05, 3.63) is 0 Å². The number of carbonyl (C=O) groups excluding carboxylic acids is 1. The maximum absolute atomic E-state index is 10.9. The molecule has 0 fully saturated rings. The number of carbonyl (C=O) groups is 1. The molecular formula is C9H20N2O2S. The summed E-state index contributed by atoms with van der Waals surface area (Å²) in [5.41, 5.74) is 9.89. The van der Waals surface area contributed by atoms with Crippen LogP contribution in [0.2, 0.25) is 0 Å². The van der Waals surface area contributed by atoms with Gasteiger partial charge in [-0.15, -0.1) is 0 Å². The minimum Gasteiger partial charge on any atom is -0.396 e. The monoisotopic (exact) mass is 220 g/mol. The summed E-state index contributed by atoms with van der Waals surface area (Å²) in [6.45, 7) is 3.82. The fraction of sp³-hybridized carbons (Fsp3) is 0.889. The Morgan fingerprint density at radius 3 is 2.64 bits per heavy atom. The normalized spacial score (nSPS) is 17.4. The van der Waals surface area contributed by atoms with E-state index in [0.717, 1.165) is 11.5 Å². The first-order chi connectivity index (χ1) is 6.40. The third kappa shape index (κ3) is 5.47. The molecule has 0 bridgehead atoms. The molecule has 84 valence electrons. The molecule has 0 aliphatic rings. The van der Waals surface area contributed by atoms with Crippen LogP contribution in [-0.2, 0) is 4.79 Å². The van der Waals surface area contributed by atoms with E-state index in [9.17, 15) is 4.79 Å². The largest absolute Gasteiger partial charge is 0.396 e. The highest BCUT2D eigenvalue weighted by atomic mass is 32.2. The van der Waals surface area contributed by atoms with Gasteiger partial charge in [-0.05, 0) is 30.8 Å². The Bertz CT molecular complexity index is 186. The number of amides is 1. The summed E-state index contributed by atoms with van der Waals surface area (Å²) >= 11 is 1.68. The van der Waals surface area contributed by atoms with Crippen LogP contribution in [0, 0.1) is 5.92 Å². The molecule has 0 saturated heterocycles. The number of primary amides is 1. The average Bonchev–Trinajstić information content (AvgIpc) is 2.11. The van der Waals surface area contributed by atoms with Crippen LogP contribution in [0.4, 0.5) is 0 Å². The molecule has 1 amide bonds. The molecule has 0 aromatic rings. The number of thioether (sulfide) groups is 1. The molecule has 0 aromatic heterocycles. The Hall–Kier alpha value is -0.260. The SMILES string of the molecule is CC(CO)CSCCC(C)(N)C(N)=O. The summed E-state index contributed by atoms with van der Waals surface area (Å²) in [6, 6.07) is 0. The Morgan fingerprint density at radius 2 is 2.21 bits per heavy atom. The summed E-state index contributed by atoms with van der Waals surface area (Å²) in [5, 5.41) is 8.77. The lowest BCUT2D eigenvalue weighted by Crippen LogP contribution is -2.49. The van der Waals surface area contributed by atoms with Crippen molar-refractivity contribution < 1.29 is 9.90 Å². The number of rotatable bonds is 7. The van der Waals surface area contributed by atoms with Crippen molar-refractivity contribution >= 4 is 17.7 Å². The van der Waals surface area contributed by atoms with Crippen molar-refractivity contribution in [3.63, 3.8) is 0 Å². The number of aliphatic hydroxyl groups is 1. The minimum absolute atomic E-state index is 0.197. The Labute approximate surface area is 89.4 Å². The predicted octanol–water partition coefficient (Wildman–Crippen LogP) is -0.0592. The highest BCUT2D eigenvalue weighted by Gasteiger charge is 2.24. The van der Waals surface area contributed by atoms with E-state index < -0.39 is 11.4 Å². The maximum Gasteiger partial charge on any atom is 0.237 e. The van der Waals surface area contributed by atoms with Gasteiger partial charge in [0.2, 0.25) is 5.91 Å². The van der Waals surface area contributed by atoms with Crippen LogP contribution < -0.4 is 11.5 Å². The van der Waals surface area contributed by atoms with Crippen LogP contribution in [0.15, 0.2) is 0 Å². The number of nitrogens with two attached hydrogens (primary N) is 2. The van der Waals surface area contributed by atoms with E-state index in [1.807, 2.05) is 6.92 Å². The van der Waals surface area contributed by atoms with Crippen molar-refractivity contribution in [1.82, 2.24) is 0 Å². The first-order valence-electron chi connectivity index (χ1n) is 4.67. The number of hydrogen-bond donors (Lipinski definition) is 3. The standard InChI is InChI=1S/C9H20N2O2S/c1-7(5-12)6-14-4-3-9(2,11)8(10)13/h7,12H,3-6,11H2,1-2H3,(H2,10,13). The smallest absolute Gasteiger partial charge is 0.237 e. The zero-order valence-electron chi connectivity index (χ0n) is 8.82. The lowest BCUT2D eigenvalue weighted by molar-refractivity contribution is -0.122. The molecule has 0 aliphatic carbocycles. The van der Waals surface area contributed by atoms with Gasteiger partial charge >= 0.3 is 0 Å². The lowest BCUT2D eigenvalue weighted by Gasteiger charge is -2.20. The lowest BCUT2D eigenvalue weighted by atomic mass is 10.0. The molecule has 0 aromatic carbocycles. The molecule has 2 unspecified atom stereocenters. The van der Waals surface area contributed by atoms with Crippen LogP contribution in [0.5, 0.6) is 0 Å². The van der Waals surface area contributed by atoms with E-state index in [1.54, 1.807) is 18.7 Å². The summed E-state index contributed by atoms with van der Waals surface area (Å²) in [7, 11) is 0. The molecule has 4 nitrogen and oxygen atoms in total. The summed E-state index contributed by atoms with van der Waals surface area (Å²) in [4.78, 5) is 10.9. The van der Waals surface area contributed by atoms with Gasteiger partial charge in [-0.3, -0.25) is 4.79 Å². The third-order valence-corrected chi connectivity index (χ3v) is 3.34. The zero-order valence-corrected chi connectivity index (χ0v) is 9.64. The van der Waals surface area contributed by atoms with Crippen molar-refractivity contribution in [2.24, 2.45) is 17.4 Å². The first kappa shape index (κ1) is 13.7. The van der Waals surface area contributed by atoms with Crippen molar-refractivity contribution in [3.8, 4) is 0 Å². The van der Waals surface area contributed by atoms with E-state index in [2.05, 4.69) is 0 Å². The second kappa shape index (κ2) is 6.27. The van der Waals surface area contributed by atoms with Gasteiger partial charge in [-0.1, -0.05) is 6.92 Å². The number of aliphatic hydroxyl groups excluding tert-OH is 1. The van der Waals surface area contributed by atoms with E-state index in [4.69, 9.17) is 16.6 Å². The molecule has 0 spiro atoms. The highest BCUT2D eigenvalue weighted by Crippen LogP contribution is 2.14. The fourth-order valence-electron chi connectivity index (χ4n) is 0.745. The topological polar surface area (TPSA) is 89.3 Å². The Kier molecular flexibility index (Phi) is 6.15. The van der Waals surface area contributed by atoms with E-state index in [0.29, 0.717) is 6.42 Å². The van der Waals surface area contributed by atoms with Gasteiger partial charge in [0.15, 0.2) is 0 Å². The van der Waals surface area contributed by atoms with Crippen LogP contribution in [0.25, 0.3) is 0 Å². The molecule has 0 rings (SSSR count). The Morgan fingerprint density at radius 1 is 1.64 bits per heavy atom. The minimum atomic E-state index is -0.907. The Balaban J connectivity index is 3.59. The molecule has 5 N–H and O–H groups in total. The first-order valence-corrected chi connectivity index (χ1v) is 5.83. The second-order valence-corrected chi connectivity index (χ2v) is 5.04. The number of hydrogen-bond acceptors (Lipinski definition) is 4. The predicted molar refractivity (Wildman–Crippen MR) is 60.0 cm³/mol. The van der Waals surface area contributed by atoms with E-state index in [-0.39, 0.29) is 12.5 Å². The van der Waals surface area contributed by atoms with Crippen LogP contribution in [0.1, 0.15) is 20.3 Å². The molecule has 0 aliphatic heterocycles. The summed E-state index contributed by atoms with van der Waals surface area (Å²) < 4.78 is 0. The molecule has 0 heterocycles. The zero-order chi connectivity index (χ0) is 11.2. The molecule has 5 heteroatoms. The van der Waals surface area contributed by atoms with Gasteiger partial charge in [0, 0.05) is 6.61 Å². The van der Waals surface area contributed by atoms with Crippen LogP contribution >= 0.6 is 11.8 Å². The van der Waals surface area contributed by atoms with Crippen molar-refractivity contribution in [2.75, 3.05) is 18.1 Å². The van der Waals surface area contributed by atoms with E-state index in [1.165, 1.54) is 0 Å². The van der Waals surface area contributed by atoms with E-state index >= 15 is 0 Å². The molecular weight excluding hydrogens is 200 g/mol. The highest BCUT2D eigenvalue weighted by molar-refractivity contribution is 7.99. The van der Waals surface area contributed by atoms with Gasteiger partial charge in [0.25, 0.3) is 0 Å². The quantitative estimate of drug-likeness (QED) is 0.524. The van der Waals surface area contributed by atoms with Gasteiger partial charge in [-0.25, -0.2) is 0 Å². The maximum atomic E-state index is 10.9. The molecule has 0 radical (unpaired) electrons. The van der Waals surface area contributed by atoms with Crippen molar-refractivity contribution in [1.29, 1.82) is 0 Å². The third-order valence-electron chi connectivity index (χ3n) is 2.04. The molecule has 0 saturated carbocycles. The van der Waals surface area contributed by atoms with Gasteiger partial charge in [0.1, 0.15) is 0 Å². The van der Waals surface area contributed by atoms with Gasteiger partial charge in [-0.2, -0.15) is 11.8 Å². The van der Waals surface area contributed by atoms with Gasteiger partial charge < -0.3 is 16.6 Å². The van der Waals surface area contributed by atoms with Crippen LogP contribution in [-0.4, -0.2) is 34.7 Å². The average molecular weight is 220 g/mol. The summed E-state index contributed by atoms with van der Waals surface area (Å²) in [5.74, 6) is 1.50. The fourth-order valence-corrected chi connectivity index (χ4v) is 1.99. The van der Waals surface area contributed by atoms with Crippen molar-refractivity contribution in [2.45, 2.75) is 25.8 Å². The summed E-state index contributed by atoms with van der Waals surface area (Å²) in [6.07, 6.45) is 0.575. The molecule has 2 atom stereocenters. The van der Waals surface area contributed by atoms with Gasteiger partial charge in [0.05, 0.1) is 5.54 Å².